The molecule has 1 aromatic carbocycles. The van der Waals surface area contributed by atoms with Gasteiger partial charge in [-0.2, -0.15) is 0 Å². The smallest absolute Gasteiger partial charge is 0.306 e. The zero-order valence-corrected chi connectivity index (χ0v) is 13.3. The summed E-state index contributed by atoms with van der Waals surface area (Å²) in [5.41, 5.74) is 0.448. The van der Waals surface area contributed by atoms with E-state index < -0.39 is 23.6 Å². The summed E-state index contributed by atoms with van der Waals surface area (Å²) in [6.07, 6.45) is 3.13. The van der Waals surface area contributed by atoms with Gasteiger partial charge >= 0.3 is 11.9 Å². The van der Waals surface area contributed by atoms with Gasteiger partial charge in [0.2, 0.25) is 0 Å². The second-order valence-electron chi connectivity index (χ2n) is 6.09. The van der Waals surface area contributed by atoms with Gasteiger partial charge < -0.3 is 15.2 Å². The second-order valence-corrected chi connectivity index (χ2v) is 6.09. The van der Waals surface area contributed by atoms with Crippen molar-refractivity contribution < 1.29 is 28.2 Å². The number of carboxylic acid groups (broad SMARTS) is 1. The largest absolute Gasteiger partial charge is 0.481 e. The van der Waals surface area contributed by atoms with Crippen LogP contribution >= 0.6 is 0 Å². The fourth-order valence-corrected chi connectivity index (χ4v) is 2.80. The summed E-state index contributed by atoms with van der Waals surface area (Å²) in [4.78, 5) is 21.5. The Hall–Kier alpha value is -2.18. The number of ether oxygens (including phenoxy) is 1. The van der Waals surface area contributed by atoms with E-state index in [1.165, 1.54) is 12.1 Å². The molecule has 132 valence electrons. The van der Waals surface area contributed by atoms with E-state index in [0.29, 0.717) is 18.2 Å². The molecule has 0 unspecified atom stereocenters. The second kappa shape index (κ2) is 8.61. The molecular weight excluding hydrogens is 320 g/mol. The molecule has 0 bridgehead atoms. The van der Waals surface area contributed by atoms with Crippen LogP contribution in [0, 0.1) is 17.6 Å². The number of carbonyl (C=O) groups is 2. The van der Waals surface area contributed by atoms with E-state index in [9.17, 15) is 18.4 Å². The highest BCUT2D eigenvalue weighted by Gasteiger charge is 2.28. The molecule has 0 radical (unpaired) electrons. The van der Waals surface area contributed by atoms with Gasteiger partial charge in [-0.05, 0) is 43.7 Å². The Balaban J connectivity index is 1.55. The molecule has 7 heteroatoms. The van der Waals surface area contributed by atoms with Crippen LogP contribution in [-0.2, 0) is 14.3 Å². The summed E-state index contributed by atoms with van der Waals surface area (Å²) in [5.74, 6) is -2.20. The molecule has 2 N–H and O–H groups in total. The predicted molar refractivity (Wildman–Crippen MR) is 83.6 cm³/mol. The molecule has 24 heavy (non-hydrogen) atoms. The van der Waals surface area contributed by atoms with Gasteiger partial charge in [-0.15, -0.1) is 0 Å². The molecule has 5 nitrogen and oxygen atoms in total. The molecule has 1 aliphatic carbocycles. The van der Waals surface area contributed by atoms with Crippen LogP contribution in [0.3, 0.4) is 0 Å². The monoisotopic (exact) mass is 341 g/mol. The third-order valence-corrected chi connectivity index (χ3v) is 4.03. The third kappa shape index (κ3) is 6.14. The molecule has 0 aromatic heterocycles. The number of nitrogens with one attached hydrogen (secondary N) is 1. The standard InChI is InChI=1S/C17H21F2NO4/c18-12-8-13(19)10-15(9-12)20-14-6-11(7-14)2-1-5-24-17(23)4-3-16(21)22/h8-11,14,20H,1-7H2,(H,21,22). The van der Waals surface area contributed by atoms with Crippen LogP contribution < -0.4 is 5.32 Å². The van der Waals surface area contributed by atoms with Crippen molar-refractivity contribution >= 4 is 17.6 Å². The SMILES string of the molecule is O=C(O)CCC(=O)OCCCC1CC(Nc2cc(F)cc(F)c2)C1. The molecule has 0 atom stereocenters. The lowest BCUT2D eigenvalue weighted by molar-refractivity contribution is -0.147. The number of benzene rings is 1. The summed E-state index contributed by atoms with van der Waals surface area (Å²) in [6.45, 7) is 0.294. The van der Waals surface area contributed by atoms with Gasteiger partial charge in [-0.25, -0.2) is 8.78 Å². The maximum atomic E-state index is 13.1. The highest BCUT2D eigenvalue weighted by Crippen LogP contribution is 2.33. The van der Waals surface area contributed by atoms with E-state index in [-0.39, 0.29) is 18.9 Å². The molecular formula is C17H21F2NO4. The third-order valence-electron chi connectivity index (χ3n) is 4.03. The average molecular weight is 341 g/mol. The molecule has 1 fully saturated rings. The van der Waals surface area contributed by atoms with E-state index in [2.05, 4.69) is 5.32 Å². The summed E-state index contributed by atoms with van der Waals surface area (Å²) in [6, 6.07) is 3.58. The van der Waals surface area contributed by atoms with Crippen LogP contribution in [0.1, 0.15) is 38.5 Å². The lowest BCUT2D eigenvalue weighted by atomic mass is 9.77. The van der Waals surface area contributed by atoms with Crippen LogP contribution in [0.15, 0.2) is 18.2 Å². The lowest BCUT2D eigenvalue weighted by Crippen LogP contribution is -2.35. The highest BCUT2D eigenvalue weighted by molar-refractivity contribution is 5.76. The Morgan fingerprint density at radius 2 is 1.83 bits per heavy atom. The number of halogens is 2. The van der Waals surface area contributed by atoms with Gasteiger partial charge in [0.15, 0.2) is 0 Å². The van der Waals surface area contributed by atoms with Crippen molar-refractivity contribution in [1.82, 2.24) is 0 Å². The summed E-state index contributed by atoms with van der Waals surface area (Å²) in [7, 11) is 0. The molecule has 2 rings (SSSR count). The number of carbonyl (C=O) groups excluding carboxylic acids is 1. The van der Waals surface area contributed by atoms with Crippen LogP contribution in [-0.4, -0.2) is 29.7 Å². The van der Waals surface area contributed by atoms with Crippen LogP contribution in [0.5, 0.6) is 0 Å². The number of hydrogen-bond acceptors (Lipinski definition) is 4. The van der Waals surface area contributed by atoms with Crippen molar-refractivity contribution in [2.75, 3.05) is 11.9 Å². The summed E-state index contributed by atoms with van der Waals surface area (Å²) in [5, 5.41) is 11.6. The summed E-state index contributed by atoms with van der Waals surface area (Å²) >= 11 is 0. The predicted octanol–water partition coefficient (Wildman–Crippen LogP) is 3.34. The van der Waals surface area contributed by atoms with Gasteiger partial charge in [0.05, 0.1) is 19.4 Å². The first-order valence-corrected chi connectivity index (χ1v) is 8.02. The number of carboxylic acids is 1. The van der Waals surface area contributed by atoms with Gasteiger partial charge in [0, 0.05) is 17.8 Å². The molecule has 1 aromatic rings. The van der Waals surface area contributed by atoms with Crippen molar-refractivity contribution in [1.29, 1.82) is 0 Å². The van der Waals surface area contributed by atoms with Gasteiger partial charge in [-0.3, -0.25) is 9.59 Å². The van der Waals surface area contributed by atoms with Crippen LogP contribution in [0.25, 0.3) is 0 Å². The number of hydrogen-bond donors (Lipinski definition) is 2. The van der Waals surface area contributed by atoms with Crippen molar-refractivity contribution in [2.45, 2.75) is 44.6 Å². The molecule has 0 heterocycles. The normalized spacial score (nSPS) is 19.4. The van der Waals surface area contributed by atoms with Crippen LogP contribution in [0.2, 0.25) is 0 Å². The van der Waals surface area contributed by atoms with E-state index in [4.69, 9.17) is 9.84 Å². The molecule has 0 spiro atoms. The summed E-state index contributed by atoms with van der Waals surface area (Å²) < 4.78 is 31.1. The first-order valence-electron chi connectivity index (χ1n) is 8.02. The first kappa shape index (κ1) is 18.2. The number of aliphatic carboxylic acids is 1. The van der Waals surface area contributed by atoms with Gasteiger partial charge in [-0.1, -0.05) is 0 Å². The molecule has 0 saturated heterocycles. The Kier molecular flexibility index (Phi) is 6.52. The fourth-order valence-electron chi connectivity index (χ4n) is 2.80. The minimum atomic E-state index is -1.02. The molecule has 0 amide bonds. The van der Waals surface area contributed by atoms with E-state index in [0.717, 1.165) is 31.7 Å². The topological polar surface area (TPSA) is 75.6 Å². The maximum absolute atomic E-state index is 13.1. The van der Waals surface area contributed by atoms with Crippen molar-refractivity contribution in [2.24, 2.45) is 5.92 Å². The highest BCUT2D eigenvalue weighted by atomic mass is 19.1. The Morgan fingerprint density at radius 1 is 1.17 bits per heavy atom. The number of esters is 1. The Bertz CT molecular complexity index is 568. The van der Waals surface area contributed by atoms with Gasteiger partial charge in [0.1, 0.15) is 11.6 Å². The molecule has 0 aliphatic heterocycles. The first-order chi connectivity index (χ1) is 11.4. The quantitative estimate of drug-likeness (QED) is 0.532. The van der Waals surface area contributed by atoms with Crippen molar-refractivity contribution in [3.63, 3.8) is 0 Å². The number of anilines is 1. The minimum absolute atomic E-state index is 0.102. The molecule has 1 saturated carbocycles. The Morgan fingerprint density at radius 3 is 2.46 bits per heavy atom. The molecule has 1 aliphatic rings. The van der Waals surface area contributed by atoms with E-state index in [1.807, 2.05) is 0 Å². The minimum Gasteiger partial charge on any atom is -0.481 e. The maximum Gasteiger partial charge on any atom is 0.306 e. The van der Waals surface area contributed by atoms with Crippen molar-refractivity contribution in [3.8, 4) is 0 Å². The zero-order chi connectivity index (χ0) is 17.5. The zero-order valence-electron chi connectivity index (χ0n) is 13.3. The number of rotatable bonds is 9. The van der Waals surface area contributed by atoms with E-state index in [1.54, 1.807) is 0 Å². The fraction of sp³-hybridized carbons (Fsp3) is 0.529. The van der Waals surface area contributed by atoms with Crippen molar-refractivity contribution in [3.05, 3.63) is 29.8 Å². The van der Waals surface area contributed by atoms with Gasteiger partial charge in [0.25, 0.3) is 0 Å². The Labute approximate surface area is 139 Å². The average Bonchev–Trinajstić information content (AvgIpc) is 2.45. The lowest BCUT2D eigenvalue weighted by Gasteiger charge is -2.36. The van der Waals surface area contributed by atoms with E-state index >= 15 is 0 Å². The van der Waals surface area contributed by atoms with Crippen LogP contribution in [0.4, 0.5) is 14.5 Å².